The van der Waals surface area contributed by atoms with Gasteiger partial charge in [-0.1, -0.05) is 80.6 Å². The minimum Gasteiger partial charge on any atom is -0.391 e. The standard InChI is InChI=1S/C35H65NO/c1-8-10-21-36(22-11-9-2)32-24-35(7)27(23-33(32)37)15-16-28-30-18-17-29(26(5)14-12-13-25(3)4)34(30,6)20-19-31(28)35/h25-33,37H,8-24H2,1-7H3/t26-,27?,28+,29-,30+,31+,32?,33?,34-,35+/m1/s1. The quantitative estimate of drug-likeness (QED) is 0.280. The van der Waals surface area contributed by atoms with E-state index in [2.05, 4.69) is 53.4 Å². The van der Waals surface area contributed by atoms with E-state index in [1.807, 2.05) is 0 Å². The van der Waals surface area contributed by atoms with Gasteiger partial charge in [0, 0.05) is 6.04 Å². The molecule has 0 spiro atoms. The van der Waals surface area contributed by atoms with Crippen molar-refractivity contribution in [1.82, 2.24) is 4.90 Å². The smallest absolute Gasteiger partial charge is 0.0698 e. The Kier molecular flexibility index (Phi) is 10.2. The number of rotatable bonds is 12. The highest BCUT2D eigenvalue weighted by atomic mass is 16.3. The van der Waals surface area contributed by atoms with Crippen LogP contribution in [0, 0.1) is 52.3 Å². The highest BCUT2D eigenvalue weighted by Gasteiger charge is 2.61. The van der Waals surface area contributed by atoms with Crippen LogP contribution in [0.2, 0.25) is 0 Å². The summed E-state index contributed by atoms with van der Waals surface area (Å²) in [5.41, 5.74) is 1.02. The highest BCUT2D eigenvalue weighted by molar-refractivity contribution is 5.11. The normalized spacial score (nSPS) is 42.5. The van der Waals surface area contributed by atoms with E-state index in [1.165, 1.54) is 103 Å². The number of fused-ring (bicyclic) bond motifs is 5. The second kappa shape index (κ2) is 12.6. The van der Waals surface area contributed by atoms with Gasteiger partial charge in [-0.25, -0.2) is 0 Å². The molecular weight excluding hydrogens is 450 g/mol. The molecule has 4 saturated carbocycles. The predicted octanol–water partition coefficient (Wildman–Crippen LogP) is 9.35. The van der Waals surface area contributed by atoms with Crippen LogP contribution in [0.4, 0.5) is 0 Å². The molecule has 0 heterocycles. The molecule has 4 rings (SSSR count). The zero-order valence-electron chi connectivity index (χ0n) is 26.1. The number of hydrogen-bond acceptors (Lipinski definition) is 2. The van der Waals surface area contributed by atoms with Gasteiger partial charge in [0.25, 0.3) is 0 Å². The molecule has 0 amide bonds. The number of nitrogens with zero attached hydrogens (tertiary/aromatic N) is 1. The van der Waals surface area contributed by atoms with Gasteiger partial charge in [0.05, 0.1) is 6.10 Å². The van der Waals surface area contributed by atoms with Gasteiger partial charge >= 0.3 is 0 Å². The zero-order valence-corrected chi connectivity index (χ0v) is 26.1. The molecule has 1 N–H and O–H groups in total. The Morgan fingerprint density at radius 1 is 0.811 bits per heavy atom. The van der Waals surface area contributed by atoms with Gasteiger partial charge in [-0.05, 0) is 130 Å². The number of hydrogen-bond donors (Lipinski definition) is 1. The van der Waals surface area contributed by atoms with Gasteiger partial charge in [0.15, 0.2) is 0 Å². The molecule has 2 nitrogen and oxygen atoms in total. The summed E-state index contributed by atoms with van der Waals surface area (Å²) >= 11 is 0. The van der Waals surface area contributed by atoms with Gasteiger partial charge in [0.1, 0.15) is 0 Å². The third-order valence-electron chi connectivity index (χ3n) is 13.0. The molecule has 0 bridgehead atoms. The van der Waals surface area contributed by atoms with Crippen molar-refractivity contribution in [3.8, 4) is 0 Å². The zero-order chi connectivity index (χ0) is 26.8. The van der Waals surface area contributed by atoms with E-state index in [9.17, 15) is 5.11 Å². The second-order valence-electron chi connectivity index (χ2n) is 15.5. The molecule has 0 aromatic heterocycles. The first-order valence-corrected chi connectivity index (χ1v) is 17.1. The molecule has 216 valence electrons. The van der Waals surface area contributed by atoms with Crippen molar-refractivity contribution in [2.75, 3.05) is 13.1 Å². The van der Waals surface area contributed by atoms with E-state index in [0.29, 0.717) is 16.9 Å². The summed E-state index contributed by atoms with van der Waals surface area (Å²) in [5, 5.41) is 11.4. The van der Waals surface area contributed by atoms with Gasteiger partial charge in [-0.2, -0.15) is 0 Å². The fourth-order valence-corrected chi connectivity index (χ4v) is 10.8. The Balaban J connectivity index is 1.48. The Bertz CT molecular complexity index is 697. The Morgan fingerprint density at radius 2 is 1.49 bits per heavy atom. The Hall–Kier alpha value is -0.0800. The molecule has 4 aliphatic rings. The van der Waals surface area contributed by atoms with Gasteiger partial charge in [-0.15, -0.1) is 0 Å². The van der Waals surface area contributed by atoms with Crippen LogP contribution in [0.25, 0.3) is 0 Å². The van der Waals surface area contributed by atoms with Crippen molar-refractivity contribution in [3.63, 3.8) is 0 Å². The van der Waals surface area contributed by atoms with Crippen molar-refractivity contribution < 1.29 is 5.11 Å². The molecule has 4 fully saturated rings. The van der Waals surface area contributed by atoms with Crippen LogP contribution in [0.5, 0.6) is 0 Å². The fourth-order valence-electron chi connectivity index (χ4n) is 10.8. The number of aliphatic hydroxyl groups excluding tert-OH is 1. The maximum atomic E-state index is 11.4. The third-order valence-corrected chi connectivity index (χ3v) is 13.0. The number of unbranched alkanes of at least 4 members (excludes halogenated alkanes) is 2. The lowest BCUT2D eigenvalue weighted by atomic mass is 9.44. The molecule has 0 aromatic rings. The van der Waals surface area contributed by atoms with Crippen molar-refractivity contribution in [3.05, 3.63) is 0 Å². The summed E-state index contributed by atoms with van der Waals surface area (Å²) in [6.07, 6.45) is 20.3. The molecule has 3 unspecified atom stereocenters. The van der Waals surface area contributed by atoms with Crippen LogP contribution in [0.3, 0.4) is 0 Å². The average molecular weight is 516 g/mol. The molecule has 0 saturated heterocycles. The largest absolute Gasteiger partial charge is 0.391 e. The van der Waals surface area contributed by atoms with Crippen LogP contribution < -0.4 is 0 Å². The molecule has 10 atom stereocenters. The van der Waals surface area contributed by atoms with Crippen LogP contribution in [-0.2, 0) is 0 Å². The average Bonchev–Trinajstić information content (AvgIpc) is 3.21. The first-order valence-electron chi connectivity index (χ1n) is 17.1. The lowest BCUT2D eigenvalue weighted by molar-refractivity contribution is -0.150. The number of aliphatic hydroxyl groups is 1. The summed E-state index contributed by atoms with van der Waals surface area (Å²) in [6, 6.07) is 0.392. The molecule has 2 heteroatoms. The van der Waals surface area contributed by atoms with Crippen molar-refractivity contribution in [1.29, 1.82) is 0 Å². The molecule has 4 aliphatic carbocycles. The van der Waals surface area contributed by atoms with Crippen LogP contribution in [0.1, 0.15) is 145 Å². The predicted molar refractivity (Wildman–Crippen MR) is 160 cm³/mol. The van der Waals surface area contributed by atoms with Crippen molar-refractivity contribution in [2.45, 2.75) is 157 Å². The molecule has 37 heavy (non-hydrogen) atoms. The third kappa shape index (κ3) is 6.01. The van der Waals surface area contributed by atoms with Gasteiger partial charge in [0.2, 0.25) is 0 Å². The summed E-state index contributed by atoms with van der Waals surface area (Å²) in [7, 11) is 0. The van der Waals surface area contributed by atoms with Crippen molar-refractivity contribution in [2.24, 2.45) is 52.3 Å². The monoisotopic (exact) mass is 516 g/mol. The maximum Gasteiger partial charge on any atom is 0.0698 e. The minimum absolute atomic E-state index is 0.111. The van der Waals surface area contributed by atoms with E-state index >= 15 is 0 Å². The summed E-state index contributed by atoms with van der Waals surface area (Å²) < 4.78 is 0. The van der Waals surface area contributed by atoms with E-state index in [-0.39, 0.29) is 6.10 Å². The lowest BCUT2D eigenvalue weighted by Gasteiger charge is -2.63. The second-order valence-corrected chi connectivity index (χ2v) is 15.5. The SMILES string of the molecule is CCCCN(CCCC)C1C[C@@]2(C)C(CC[C@H]3[C@@H]4CC[C@H]([C@H](C)CCCC(C)C)[C@@]4(C)CC[C@@H]32)CC1O. The summed E-state index contributed by atoms with van der Waals surface area (Å²) in [4.78, 5) is 2.74. The Labute approximate surface area is 232 Å². The van der Waals surface area contributed by atoms with Crippen LogP contribution >= 0.6 is 0 Å². The lowest BCUT2D eigenvalue weighted by Crippen LogP contribution is -2.60. The van der Waals surface area contributed by atoms with Gasteiger partial charge in [-0.3, -0.25) is 4.90 Å². The van der Waals surface area contributed by atoms with E-state index in [1.54, 1.807) is 0 Å². The molecular formula is C35H65NO. The molecule has 0 radical (unpaired) electrons. The van der Waals surface area contributed by atoms with Crippen molar-refractivity contribution >= 4 is 0 Å². The first kappa shape index (κ1) is 29.9. The summed E-state index contributed by atoms with van der Waals surface area (Å²) in [5.74, 6) is 6.26. The topological polar surface area (TPSA) is 23.5 Å². The summed E-state index contributed by atoms with van der Waals surface area (Å²) in [6.45, 7) is 19.8. The van der Waals surface area contributed by atoms with Gasteiger partial charge < -0.3 is 5.11 Å². The Morgan fingerprint density at radius 3 is 2.14 bits per heavy atom. The van der Waals surface area contributed by atoms with E-state index < -0.39 is 0 Å². The highest BCUT2D eigenvalue weighted by Crippen LogP contribution is 2.68. The first-order chi connectivity index (χ1) is 17.7. The van der Waals surface area contributed by atoms with E-state index in [0.717, 1.165) is 47.8 Å². The van der Waals surface area contributed by atoms with Crippen LogP contribution in [-0.4, -0.2) is 35.2 Å². The maximum absolute atomic E-state index is 11.4. The molecule has 0 aromatic carbocycles. The van der Waals surface area contributed by atoms with Crippen LogP contribution in [0.15, 0.2) is 0 Å². The molecule has 0 aliphatic heterocycles. The van der Waals surface area contributed by atoms with E-state index in [4.69, 9.17) is 0 Å². The fraction of sp³-hybridized carbons (Fsp3) is 1.00. The minimum atomic E-state index is -0.111.